The summed E-state index contributed by atoms with van der Waals surface area (Å²) in [4.78, 5) is 2.00. The van der Waals surface area contributed by atoms with Crippen LogP contribution in [0.5, 0.6) is 0 Å². The summed E-state index contributed by atoms with van der Waals surface area (Å²) in [6.07, 6.45) is 0. The number of aliphatic hydroxyl groups is 1. The zero-order chi connectivity index (χ0) is 10.9. The van der Waals surface area contributed by atoms with Crippen LogP contribution in [0.2, 0.25) is 0 Å². The smallest absolute Gasteiger partial charge is 0.258 e. The molecule has 0 saturated carbocycles. The summed E-state index contributed by atoms with van der Waals surface area (Å²) < 4.78 is 27.0. The highest BCUT2D eigenvalue weighted by Gasteiger charge is 2.49. The van der Waals surface area contributed by atoms with Gasteiger partial charge in [-0.3, -0.25) is 4.90 Å². The molecule has 2 nitrogen and oxygen atoms in total. The van der Waals surface area contributed by atoms with Gasteiger partial charge in [0, 0.05) is 25.0 Å². The first-order valence-electron chi connectivity index (χ1n) is 5.12. The lowest BCUT2D eigenvalue weighted by molar-refractivity contribution is -0.160. The van der Waals surface area contributed by atoms with E-state index in [0.717, 1.165) is 0 Å². The molecule has 0 aromatic rings. The predicted molar refractivity (Wildman–Crippen MR) is 51.4 cm³/mol. The summed E-state index contributed by atoms with van der Waals surface area (Å²) >= 11 is 0. The van der Waals surface area contributed by atoms with E-state index in [1.165, 1.54) is 0 Å². The van der Waals surface area contributed by atoms with Gasteiger partial charge < -0.3 is 5.11 Å². The molecular weight excluding hydrogens is 188 g/mol. The molecule has 0 bridgehead atoms. The fourth-order valence-electron chi connectivity index (χ4n) is 1.96. The van der Waals surface area contributed by atoms with Crippen LogP contribution in [-0.4, -0.2) is 41.7 Å². The van der Waals surface area contributed by atoms with Crippen molar-refractivity contribution >= 4 is 0 Å². The number of hydrogen-bond donors (Lipinski definition) is 1. The second kappa shape index (κ2) is 4.11. The first-order chi connectivity index (χ1) is 6.39. The van der Waals surface area contributed by atoms with E-state index in [1.54, 1.807) is 6.92 Å². The molecule has 1 rings (SSSR count). The molecular formula is C10H19F2NO. The van der Waals surface area contributed by atoms with Gasteiger partial charge >= 0.3 is 0 Å². The third-order valence-corrected chi connectivity index (χ3v) is 3.12. The Balaban J connectivity index is 2.73. The second-order valence-corrected chi connectivity index (χ2v) is 4.50. The molecule has 1 fully saturated rings. The normalized spacial score (nSPS) is 33.6. The topological polar surface area (TPSA) is 23.5 Å². The number of alkyl halides is 2. The highest BCUT2D eigenvalue weighted by atomic mass is 19.3. The summed E-state index contributed by atoms with van der Waals surface area (Å²) in [6, 6.07) is 0.266. The van der Waals surface area contributed by atoms with Gasteiger partial charge in [0.15, 0.2) is 0 Å². The average Bonchev–Trinajstić information content (AvgIpc) is 2.09. The number of hydrogen-bond acceptors (Lipinski definition) is 2. The van der Waals surface area contributed by atoms with Crippen molar-refractivity contribution < 1.29 is 13.9 Å². The highest BCUT2D eigenvalue weighted by Crippen LogP contribution is 2.37. The number of nitrogens with zero attached hydrogens (tertiary/aromatic N) is 1. The van der Waals surface area contributed by atoms with Gasteiger partial charge in [0.1, 0.15) is 0 Å². The molecule has 14 heavy (non-hydrogen) atoms. The monoisotopic (exact) mass is 207 g/mol. The van der Waals surface area contributed by atoms with Crippen molar-refractivity contribution in [3.05, 3.63) is 0 Å². The predicted octanol–water partition coefficient (Wildman–Crippen LogP) is 1.59. The SMILES string of the molecule is CC(C)N1CC(C)C(F)(F)C(CO)C1. The zero-order valence-corrected chi connectivity index (χ0v) is 9.00. The first kappa shape index (κ1) is 11.9. The molecule has 0 aliphatic carbocycles. The Morgan fingerprint density at radius 1 is 1.43 bits per heavy atom. The second-order valence-electron chi connectivity index (χ2n) is 4.50. The standard InChI is InChI=1S/C10H19F2NO/c1-7(2)13-4-8(3)10(11,12)9(5-13)6-14/h7-9,14H,4-6H2,1-3H3. The van der Waals surface area contributed by atoms with Crippen molar-refractivity contribution in [2.45, 2.75) is 32.7 Å². The van der Waals surface area contributed by atoms with Crippen LogP contribution in [0.3, 0.4) is 0 Å². The summed E-state index contributed by atoms with van der Waals surface area (Å²) in [5.41, 5.74) is 0. The van der Waals surface area contributed by atoms with Crippen molar-refractivity contribution in [2.24, 2.45) is 11.8 Å². The molecule has 84 valence electrons. The lowest BCUT2D eigenvalue weighted by Gasteiger charge is -2.43. The molecule has 2 atom stereocenters. The van der Waals surface area contributed by atoms with E-state index >= 15 is 0 Å². The Hall–Kier alpha value is -0.220. The summed E-state index contributed by atoms with van der Waals surface area (Å²) in [5.74, 6) is -4.30. The highest BCUT2D eigenvalue weighted by molar-refractivity contribution is 4.91. The third-order valence-electron chi connectivity index (χ3n) is 3.12. The molecule has 1 heterocycles. The van der Waals surface area contributed by atoms with Gasteiger partial charge in [-0.2, -0.15) is 0 Å². The number of aliphatic hydroxyl groups excluding tert-OH is 1. The minimum absolute atomic E-state index is 0.266. The minimum atomic E-state index is -2.72. The molecule has 0 spiro atoms. The van der Waals surface area contributed by atoms with Crippen molar-refractivity contribution in [2.75, 3.05) is 19.7 Å². The molecule has 1 saturated heterocycles. The van der Waals surface area contributed by atoms with Gasteiger partial charge in [0.05, 0.1) is 12.5 Å². The molecule has 0 radical (unpaired) electrons. The minimum Gasteiger partial charge on any atom is -0.396 e. The van der Waals surface area contributed by atoms with Gasteiger partial charge in [-0.05, 0) is 13.8 Å². The van der Waals surface area contributed by atoms with Gasteiger partial charge in [-0.1, -0.05) is 6.92 Å². The Morgan fingerprint density at radius 3 is 2.43 bits per heavy atom. The van der Waals surface area contributed by atoms with E-state index < -0.39 is 24.4 Å². The Labute approximate surface area is 83.9 Å². The molecule has 0 amide bonds. The summed E-state index contributed by atoms with van der Waals surface area (Å²) in [7, 11) is 0. The van der Waals surface area contributed by atoms with Gasteiger partial charge in [-0.15, -0.1) is 0 Å². The van der Waals surface area contributed by atoms with E-state index in [4.69, 9.17) is 5.11 Å². The van der Waals surface area contributed by atoms with Gasteiger partial charge in [-0.25, -0.2) is 8.78 Å². The van der Waals surface area contributed by atoms with Crippen LogP contribution in [0.4, 0.5) is 8.78 Å². The maximum absolute atomic E-state index is 13.5. The Kier molecular flexibility index (Phi) is 3.48. The lowest BCUT2D eigenvalue weighted by atomic mass is 9.86. The van der Waals surface area contributed by atoms with E-state index in [2.05, 4.69) is 0 Å². The van der Waals surface area contributed by atoms with Crippen molar-refractivity contribution in [3.8, 4) is 0 Å². The first-order valence-corrected chi connectivity index (χ1v) is 5.12. The molecule has 0 aromatic heterocycles. The van der Waals surface area contributed by atoms with Crippen LogP contribution in [0, 0.1) is 11.8 Å². The van der Waals surface area contributed by atoms with Crippen molar-refractivity contribution in [1.29, 1.82) is 0 Å². The van der Waals surface area contributed by atoms with Crippen molar-refractivity contribution in [1.82, 2.24) is 4.90 Å². The van der Waals surface area contributed by atoms with Crippen LogP contribution in [-0.2, 0) is 0 Å². The molecule has 4 heteroatoms. The molecule has 2 unspecified atom stereocenters. The maximum atomic E-state index is 13.5. The van der Waals surface area contributed by atoms with Crippen molar-refractivity contribution in [3.63, 3.8) is 0 Å². The van der Waals surface area contributed by atoms with Crippen LogP contribution in [0.25, 0.3) is 0 Å². The quantitative estimate of drug-likeness (QED) is 0.743. The van der Waals surface area contributed by atoms with Crippen LogP contribution >= 0.6 is 0 Å². The molecule has 0 aromatic carbocycles. The van der Waals surface area contributed by atoms with E-state index in [9.17, 15) is 8.78 Å². The number of rotatable bonds is 2. The van der Waals surface area contributed by atoms with Crippen LogP contribution in [0.1, 0.15) is 20.8 Å². The number of likely N-dealkylation sites (tertiary alicyclic amines) is 1. The third kappa shape index (κ3) is 2.06. The fraction of sp³-hybridized carbons (Fsp3) is 1.00. The zero-order valence-electron chi connectivity index (χ0n) is 9.00. The summed E-state index contributed by atoms with van der Waals surface area (Å²) in [5, 5.41) is 8.94. The molecule has 1 aliphatic rings. The van der Waals surface area contributed by atoms with Gasteiger partial charge in [0.25, 0.3) is 5.92 Å². The average molecular weight is 207 g/mol. The Morgan fingerprint density at radius 2 is 2.00 bits per heavy atom. The van der Waals surface area contributed by atoms with E-state index in [0.29, 0.717) is 13.1 Å². The van der Waals surface area contributed by atoms with E-state index in [-0.39, 0.29) is 6.04 Å². The van der Waals surface area contributed by atoms with Crippen LogP contribution in [0.15, 0.2) is 0 Å². The molecule has 1 aliphatic heterocycles. The Bertz CT molecular complexity index is 197. The lowest BCUT2D eigenvalue weighted by Crippen LogP contribution is -2.55. The fourth-order valence-corrected chi connectivity index (χ4v) is 1.96. The van der Waals surface area contributed by atoms with Crippen LogP contribution < -0.4 is 0 Å². The van der Waals surface area contributed by atoms with E-state index in [1.807, 2.05) is 18.7 Å². The number of piperidine rings is 1. The number of halogens is 2. The summed E-state index contributed by atoms with van der Waals surface area (Å²) in [6.45, 7) is 5.82. The molecule has 1 N–H and O–H groups in total. The maximum Gasteiger partial charge on any atom is 0.258 e. The van der Waals surface area contributed by atoms with Gasteiger partial charge in [0.2, 0.25) is 0 Å². The largest absolute Gasteiger partial charge is 0.396 e.